The van der Waals surface area contributed by atoms with Crippen LogP contribution in [0.25, 0.3) is 17.0 Å². The van der Waals surface area contributed by atoms with Crippen LogP contribution in [0.5, 0.6) is 0 Å². The van der Waals surface area contributed by atoms with Crippen molar-refractivity contribution in [2.45, 2.75) is 13.5 Å². The van der Waals surface area contributed by atoms with Gasteiger partial charge in [0.25, 0.3) is 5.91 Å². The first-order valence-electron chi connectivity index (χ1n) is 10.7. The number of anilines is 1. The minimum absolute atomic E-state index is 0.198. The topological polar surface area (TPSA) is 78.1 Å². The minimum Gasteiger partial charge on any atom is -0.340 e. The van der Waals surface area contributed by atoms with Gasteiger partial charge in [0.1, 0.15) is 5.70 Å². The summed E-state index contributed by atoms with van der Waals surface area (Å²) < 4.78 is 2.12. The predicted octanol–water partition coefficient (Wildman–Crippen LogP) is 5.62. The van der Waals surface area contributed by atoms with E-state index in [2.05, 4.69) is 16.0 Å². The van der Waals surface area contributed by atoms with Crippen LogP contribution < -0.4 is 10.2 Å². The highest BCUT2D eigenvalue weighted by Gasteiger charge is 2.35. The lowest BCUT2D eigenvalue weighted by molar-refractivity contribution is -0.113. The third kappa shape index (κ3) is 3.62. The first-order valence-corrected chi connectivity index (χ1v) is 11.0. The molecule has 1 fully saturated rings. The summed E-state index contributed by atoms with van der Waals surface area (Å²) in [5, 5.41) is 13.7. The molecule has 3 amide bonds. The molecule has 0 atom stereocenters. The van der Waals surface area contributed by atoms with Crippen LogP contribution in [0.15, 0.2) is 78.5 Å². The van der Waals surface area contributed by atoms with Crippen molar-refractivity contribution >= 4 is 46.2 Å². The standard InChI is InChI=1S/C27H19ClN4O2/c1-17-23(14-24-26(33)32(27(34)30-24)21-12-10-20(28)11-13-21)22-8-4-5-9-25(22)31(17)16-19-7-3-2-6-18(19)15-29/h2-14H,16H2,1H3,(H,30,34). The molecule has 1 aliphatic heterocycles. The van der Waals surface area contributed by atoms with E-state index in [1.165, 1.54) is 0 Å². The Morgan fingerprint density at radius 1 is 1.00 bits per heavy atom. The first-order chi connectivity index (χ1) is 16.5. The molecule has 1 saturated heterocycles. The zero-order valence-corrected chi connectivity index (χ0v) is 19.0. The number of benzene rings is 3. The van der Waals surface area contributed by atoms with Crippen LogP contribution in [0.2, 0.25) is 5.02 Å². The first kappa shape index (κ1) is 21.5. The zero-order chi connectivity index (χ0) is 23.8. The third-order valence-electron chi connectivity index (χ3n) is 6.00. The Balaban J connectivity index is 1.58. The number of hydrogen-bond acceptors (Lipinski definition) is 3. The SMILES string of the molecule is Cc1c(C=C2NC(=O)N(c3ccc(Cl)cc3)C2=O)c2ccccc2n1Cc1ccccc1C#N. The summed E-state index contributed by atoms with van der Waals surface area (Å²) in [5.41, 5.74) is 4.92. The highest BCUT2D eigenvalue weighted by Crippen LogP contribution is 2.31. The Kier molecular flexibility index (Phi) is 5.40. The van der Waals surface area contributed by atoms with Crippen LogP contribution in [-0.2, 0) is 11.3 Å². The number of nitriles is 1. The van der Waals surface area contributed by atoms with Crippen molar-refractivity contribution in [1.29, 1.82) is 5.26 Å². The van der Waals surface area contributed by atoms with Crippen LogP contribution >= 0.6 is 11.6 Å². The van der Waals surface area contributed by atoms with Gasteiger partial charge in [-0.25, -0.2) is 9.69 Å². The van der Waals surface area contributed by atoms with Crippen molar-refractivity contribution < 1.29 is 9.59 Å². The predicted molar refractivity (Wildman–Crippen MR) is 132 cm³/mol. The van der Waals surface area contributed by atoms with E-state index in [4.69, 9.17) is 11.6 Å². The molecule has 0 radical (unpaired) electrons. The second-order valence-electron chi connectivity index (χ2n) is 7.98. The number of hydrogen-bond donors (Lipinski definition) is 1. The third-order valence-corrected chi connectivity index (χ3v) is 6.25. The van der Waals surface area contributed by atoms with E-state index in [1.807, 2.05) is 49.4 Å². The van der Waals surface area contributed by atoms with Crippen molar-refractivity contribution in [2.24, 2.45) is 0 Å². The number of carbonyl (C=O) groups is 2. The lowest BCUT2D eigenvalue weighted by Gasteiger charge is -2.11. The number of urea groups is 1. The number of nitrogens with one attached hydrogen (secondary N) is 1. The molecule has 6 nitrogen and oxygen atoms in total. The van der Waals surface area contributed by atoms with E-state index in [1.54, 1.807) is 36.4 Å². The van der Waals surface area contributed by atoms with E-state index >= 15 is 0 Å². The molecule has 3 aromatic carbocycles. The van der Waals surface area contributed by atoms with Gasteiger partial charge in [0.15, 0.2) is 0 Å². The van der Waals surface area contributed by atoms with E-state index in [0.717, 1.165) is 32.6 Å². The van der Waals surface area contributed by atoms with Crippen molar-refractivity contribution in [3.05, 3.63) is 106 Å². The largest absolute Gasteiger partial charge is 0.340 e. The Bertz CT molecular complexity index is 1530. The Morgan fingerprint density at radius 3 is 2.47 bits per heavy atom. The number of para-hydroxylation sites is 1. The molecule has 0 bridgehead atoms. The molecule has 4 aromatic rings. The van der Waals surface area contributed by atoms with Crippen LogP contribution in [0.4, 0.5) is 10.5 Å². The van der Waals surface area contributed by atoms with Crippen molar-refractivity contribution in [3.8, 4) is 6.07 Å². The number of nitrogens with zero attached hydrogens (tertiary/aromatic N) is 3. The number of fused-ring (bicyclic) bond motifs is 1. The lowest BCUT2D eigenvalue weighted by Crippen LogP contribution is -2.30. The van der Waals surface area contributed by atoms with E-state index in [-0.39, 0.29) is 5.70 Å². The second kappa shape index (κ2) is 8.54. The maximum absolute atomic E-state index is 13.1. The average Bonchev–Trinajstić information content (AvgIpc) is 3.28. The molecular weight excluding hydrogens is 448 g/mol. The maximum Gasteiger partial charge on any atom is 0.333 e. The zero-order valence-electron chi connectivity index (χ0n) is 18.2. The summed E-state index contributed by atoms with van der Waals surface area (Å²) in [6, 6.07) is 23.7. The summed E-state index contributed by atoms with van der Waals surface area (Å²) in [6.45, 7) is 2.48. The quantitative estimate of drug-likeness (QED) is 0.313. The molecule has 1 aliphatic rings. The Hall–Kier alpha value is -4.34. The molecular formula is C27H19ClN4O2. The van der Waals surface area contributed by atoms with Gasteiger partial charge >= 0.3 is 6.03 Å². The summed E-state index contributed by atoms with van der Waals surface area (Å²) in [7, 11) is 0. The van der Waals surface area contributed by atoms with Crippen molar-refractivity contribution in [1.82, 2.24) is 9.88 Å². The molecule has 1 N–H and O–H groups in total. The summed E-state index contributed by atoms with van der Waals surface area (Å²) in [4.78, 5) is 26.9. The van der Waals surface area contributed by atoms with Gasteiger partial charge in [-0.15, -0.1) is 0 Å². The van der Waals surface area contributed by atoms with E-state index in [9.17, 15) is 14.9 Å². The van der Waals surface area contributed by atoms with Gasteiger partial charge in [0.2, 0.25) is 0 Å². The van der Waals surface area contributed by atoms with Gasteiger partial charge < -0.3 is 9.88 Å². The van der Waals surface area contributed by atoms with Gasteiger partial charge in [-0.05, 0) is 55.0 Å². The molecule has 7 heteroatoms. The number of halogens is 1. The van der Waals surface area contributed by atoms with Crippen LogP contribution in [0.3, 0.4) is 0 Å². The van der Waals surface area contributed by atoms with E-state index < -0.39 is 11.9 Å². The molecule has 2 heterocycles. The number of aromatic nitrogens is 1. The Morgan fingerprint density at radius 2 is 1.71 bits per heavy atom. The molecule has 0 spiro atoms. The highest BCUT2D eigenvalue weighted by molar-refractivity contribution is 6.31. The molecule has 0 aliphatic carbocycles. The second-order valence-corrected chi connectivity index (χ2v) is 8.41. The normalized spacial score (nSPS) is 14.6. The van der Waals surface area contributed by atoms with Crippen LogP contribution in [0.1, 0.15) is 22.4 Å². The number of carbonyl (C=O) groups excluding carboxylic acids is 2. The van der Waals surface area contributed by atoms with Crippen molar-refractivity contribution in [2.75, 3.05) is 4.90 Å². The fraction of sp³-hybridized carbons (Fsp3) is 0.0741. The van der Waals surface area contributed by atoms with Gasteiger partial charge in [0.05, 0.1) is 17.3 Å². The fourth-order valence-electron chi connectivity index (χ4n) is 4.29. The van der Waals surface area contributed by atoms with E-state index in [0.29, 0.717) is 22.8 Å². The summed E-state index contributed by atoms with van der Waals surface area (Å²) in [6.07, 6.45) is 1.72. The van der Waals surface area contributed by atoms with Crippen molar-refractivity contribution in [3.63, 3.8) is 0 Å². The molecule has 0 unspecified atom stereocenters. The molecule has 166 valence electrons. The molecule has 5 rings (SSSR count). The summed E-state index contributed by atoms with van der Waals surface area (Å²) >= 11 is 5.94. The summed E-state index contributed by atoms with van der Waals surface area (Å²) in [5.74, 6) is -0.432. The monoisotopic (exact) mass is 466 g/mol. The lowest BCUT2D eigenvalue weighted by atomic mass is 10.1. The van der Waals surface area contributed by atoms with Gasteiger partial charge in [-0.2, -0.15) is 5.26 Å². The highest BCUT2D eigenvalue weighted by atomic mass is 35.5. The van der Waals surface area contributed by atoms with Crippen LogP contribution in [0, 0.1) is 18.3 Å². The van der Waals surface area contributed by atoms with Gasteiger partial charge in [-0.1, -0.05) is 48.0 Å². The maximum atomic E-state index is 13.1. The number of imide groups is 1. The smallest absolute Gasteiger partial charge is 0.333 e. The number of amides is 3. The molecule has 0 saturated carbocycles. The molecule has 34 heavy (non-hydrogen) atoms. The fourth-order valence-corrected chi connectivity index (χ4v) is 4.41. The average molecular weight is 467 g/mol. The minimum atomic E-state index is -0.511. The van der Waals surface area contributed by atoms with Crippen LogP contribution in [-0.4, -0.2) is 16.5 Å². The van der Waals surface area contributed by atoms with Gasteiger partial charge in [-0.3, -0.25) is 4.79 Å². The molecule has 1 aromatic heterocycles. The number of rotatable bonds is 4. The Labute approximate surface area is 201 Å². The van der Waals surface area contributed by atoms with Gasteiger partial charge in [0, 0.05) is 33.7 Å².